The zero-order chi connectivity index (χ0) is 11.3. The molecule has 0 bridgehead atoms. The molecule has 0 radical (unpaired) electrons. The molecule has 2 N–H and O–H groups in total. The van der Waals surface area contributed by atoms with Crippen molar-refractivity contribution in [2.45, 2.75) is 19.9 Å². The van der Waals surface area contributed by atoms with Crippen LogP contribution >= 0.6 is 0 Å². The molecule has 0 heterocycles. The molecular formula is C12H18FNO. The summed E-state index contributed by atoms with van der Waals surface area (Å²) in [6, 6.07) is 6.57. The summed E-state index contributed by atoms with van der Waals surface area (Å²) in [7, 11) is 0. The van der Waals surface area contributed by atoms with Crippen molar-refractivity contribution in [3.8, 4) is 0 Å². The number of hydrogen-bond acceptors (Lipinski definition) is 2. The van der Waals surface area contributed by atoms with E-state index >= 15 is 0 Å². The topological polar surface area (TPSA) is 32.3 Å². The molecule has 0 fully saturated rings. The van der Waals surface area contributed by atoms with Gasteiger partial charge < -0.3 is 10.4 Å². The molecule has 2 nitrogen and oxygen atoms in total. The molecule has 1 rings (SSSR count). The van der Waals surface area contributed by atoms with E-state index in [4.69, 9.17) is 5.11 Å². The van der Waals surface area contributed by atoms with Crippen LogP contribution in [0.3, 0.4) is 0 Å². The number of hydrogen-bond donors (Lipinski definition) is 2. The first-order valence-corrected chi connectivity index (χ1v) is 5.29. The van der Waals surface area contributed by atoms with Gasteiger partial charge in [-0.15, -0.1) is 0 Å². The molecule has 0 aliphatic heterocycles. The monoisotopic (exact) mass is 211 g/mol. The van der Waals surface area contributed by atoms with Gasteiger partial charge in [-0.1, -0.05) is 32.0 Å². The average molecular weight is 211 g/mol. The highest BCUT2D eigenvalue weighted by Crippen LogP contribution is 2.23. The fourth-order valence-corrected chi connectivity index (χ4v) is 1.67. The van der Waals surface area contributed by atoms with E-state index in [0.717, 1.165) is 6.54 Å². The first-order valence-electron chi connectivity index (χ1n) is 5.29. The maximum absolute atomic E-state index is 13.5. The summed E-state index contributed by atoms with van der Waals surface area (Å²) >= 11 is 0. The lowest BCUT2D eigenvalue weighted by Gasteiger charge is -2.24. The van der Waals surface area contributed by atoms with Crippen LogP contribution in [0.2, 0.25) is 0 Å². The zero-order valence-electron chi connectivity index (χ0n) is 9.20. The van der Waals surface area contributed by atoms with Crippen molar-refractivity contribution in [1.82, 2.24) is 5.32 Å². The van der Waals surface area contributed by atoms with E-state index in [1.54, 1.807) is 12.1 Å². The van der Waals surface area contributed by atoms with Crippen LogP contribution in [0.1, 0.15) is 25.5 Å². The quantitative estimate of drug-likeness (QED) is 0.781. The van der Waals surface area contributed by atoms with Gasteiger partial charge in [0.2, 0.25) is 0 Å². The van der Waals surface area contributed by atoms with Crippen LogP contribution in [0.5, 0.6) is 0 Å². The van der Waals surface area contributed by atoms with E-state index in [9.17, 15) is 4.39 Å². The van der Waals surface area contributed by atoms with Crippen LogP contribution in [-0.2, 0) is 0 Å². The molecule has 0 aliphatic carbocycles. The van der Waals surface area contributed by atoms with Crippen LogP contribution in [-0.4, -0.2) is 18.3 Å². The Morgan fingerprint density at radius 3 is 2.60 bits per heavy atom. The second-order valence-corrected chi connectivity index (χ2v) is 3.72. The Morgan fingerprint density at radius 1 is 1.40 bits per heavy atom. The van der Waals surface area contributed by atoms with Gasteiger partial charge in [-0.2, -0.15) is 0 Å². The van der Waals surface area contributed by atoms with Crippen LogP contribution in [0.15, 0.2) is 24.3 Å². The molecule has 2 atom stereocenters. The van der Waals surface area contributed by atoms with Crippen molar-refractivity contribution in [1.29, 1.82) is 0 Å². The van der Waals surface area contributed by atoms with Gasteiger partial charge in [0, 0.05) is 18.2 Å². The summed E-state index contributed by atoms with van der Waals surface area (Å²) in [6.45, 7) is 4.67. The molecule has 0 saturated heterocycles. The number of nitrogens with one attached hydrogen (secondary N) is 1. The lowest BCUT2D eigenvalue weighted by atomic mass is 9.94. The number of benzene rings is 1. The van der Waals surface area contributed by atoms with Gasteiger partial charge >= 0.3 is 0 Å². The van der Waals surface area contributed by atoms with Gasteiger partial charge in [0.1, 0.15) is 5.82 Å². The summed E-state index contributed by atoms with van der Waals surface area (Å²) in [4.78, 5) is 0. The molecule has 0 amide bonds. The zero-order valence-corrected chi connectivity index (χ0v) is 9.20. The number of aliphatic hydroxyl groups is 1. The van der Waals surface area contributed by atoms with E-state index < -0.39 is 0 Å². The van der Waals surface area contributed by atoms with E-state index in [1.165, 1.54) is 6.07 Å². The van der Waals surface area contributed by atoms with Crippen molar-refractivity contribution in [3.05, 3.63) is 35.6 Å². The van der Waals surface area contributed by atoms with E-state index in [1.807, 2.05) is 19.9 Å². The minimum Gasteiger partial charge on any atom is -0.396 e. The van der Waals surface area contributed by atoms with Gasteiger partial charge in [-0.05, 0) is 18.5 Å². The third-order valence-electron chi connectivity index (χ3n) is 2.52. The van der Waals surface area contributed by atoms with Gasteiger partial charge in [-0.3, -0.25) is 0 Å². The Morgan fingerprint density at radius 2 is 2.07 bits per heavy atom. The number of rotatable bonds is 5. The van der Waals surface area contributed by atoms with Crippen molar-refractivity contribution in [2.24, 2.45) is 5.92 Å². The molecule has 0 saturated carbocycles. The maximum Gasteiger partial charge on any atom is 0.127 e. The lowest BCUT2D eigenvalue weighted by molar-refractivity contribution is 0.201. The van der Waals surface area contributed by atoms with Crippen LogP contribution in [0.4, 0.5) is 4.39 Å². The Bertz CT molecular complexity index is 303. The summed E-state index contributed by atoms with van der Waals surface area (Å²) < 4.78 is 13.5. The fraction of sp³-hybridized carbons (Fsp3) is 0.500. The third-order valence-corrected chi connectivity index (χ3v) is 2.52. The van der Waals surface area contributed by atoms with Crippen LogP contribution < -0.4 is 5.32 Å². The van der Waals surface area contributed by atoms with Gasteiger partial charge in [-0.25, -0.2) is 4.39 Å². The molecule has 2 unspecified atom stereocenters. The molecule has 0 spiro atoms. The standard InChI is InChI=1S/C12H18FNO/c1-3-14-12(9(2)8-15)10-6-4-5-7-11(10)13/h4-7,9,12,14-15H,3,8H2,1-2H3. The predicted molar refractivity (Wildman–Crippen MR) is 59.1 cm³/mol. The molecule has 1 aromatic rings. The molecule has 15 heavy (non-hydrogen) atoms. The summed E-state index contributed by atoms with van der Waals surface area (Å²) in [6.07, 6.45) is 0. The van der Waals surface area contributed by atoms with Crippen molar-refractivity contribution < 1.29 is 9.50 Å². The average Bonchev–Trinajstić information content (AvgIpc) is 2.26. The number of aliphatic hydroxyl groups excluding tert-OH is 1. The minimum atomic E-state index is -0.219. The van der Waals surface area contributed by atoms with E-state index in [0.29, 0.717) is 5.56 Å². The molecular weight excluding hydrogens is 193 g/mol. The third kappa shape index (κ3) is 3.01. The molecule has 84 valence electrons. The van der Waals surface area contributed by atoms with Crippen molar-refractivity contribution in [2.75, 3.05) is 13.2 Å². The minimum absolute atomic E-state index is 0.00171. The van der Waals surface area contributed by atoms with Crippen molar-refractivity contribution >= 4 is 0 Å². The first-order chi connectivity index (χ1) is 7.20. The van der Waals surface area contributed by atoms with Crippen LogP contribution in [0.25, 0.3) is 0 Å². The maximum atomic E-state index is 13.5. The smallest absolute Gasteiger partial charge is 0.127 e. The highest BCUT2D eigenvalue weighted by atomic mass is 19.1. The molecule has 3 heteroatoms. The SMILES string of the molecule is CCNC(c1ccccc1F)C(C)CO. The lowest BCUT2D eigenvalue weighted by Crippen LogP contribution is -2.29. The summed E-state index contributed by atoms with van der Waals surface area (Å²) in [5, 5.41) is 12.3. The first kappa shape index (κ1) is 12.1. The molecule has 1 aromatic carbocycles. The highest BCUT2D eigenvalue weighted by molar-refractivity contribution is 5.21. The van der Waals surface area contributed by atoms with Gasteiger partial charge in [0.25, 0.3) is 0 Å². The van der Waals surface area contributed by atoms with E-state index in [2.05, 4.69) is 5.32 Å². The second-order valence-electron chi connectivity index (χ2n) is 3.72. The van der Waals surface area contributed by atoms with Gasteiger partial charge in [0.05, 0.1) is 0 Å². The van der Waals surface area contributed by atoms with E-state index in [-0.39, 0.29) is 24.4 Å². The second kappa shape index (κ2) is 5.83. The van der Waals surface area contributed by atoms with Crippen LogP contribution in [0, 0.1) is 11.7 Å². The highest BCUT2D eigenvalue weighted by Gasteiger charge is 2.20. The predicted octanol–water partition coefficient (Wildman–Crippen LogP) is 2.10. The molecule has 0 aliphatic rings. The normalized spacial score (nSPS) is 14.9. The Labute approximate surface area is 90.1 Å². The van der Waals surface area contributed by atoms with Crippen molar-refractivity contribution in [3.63, 3.8) is 0 Å². The Balaban J connectivity index is 2.93. The van der Waals surface area contributed by atoms with Gasteiger partial charge in [0.15, 0.2) is 0 Å². The summed E-state index contributed by atoms with van der Waals surface area (Å²) in [5.41, 5.74) is 0.626. The fourth-order valence-electron chi connectivity index (χ4n) is 1.67. The largest absolute Gasteiger partial charge is 0.396 e. The number of halogens is 1. The molecule has 0 aromatic heterocycles. The summed E-state index contributed by atoms with van der Waals surface area (Å²) in [5.74, 6) is -0.217. The Kier molecular flexibility index (Phi) is 4.72. The Hall–Kier alpha value is -0.930.